The van der Waals surface area contributed by atoms with Crippen molar-refractivity contribution in [2.45, 2.75) is 38.6 Å². The number of halogens is 1. The molecule has 2 rings (SSSR count). The molecular formula is C14H26ClN3O2. The Hall–Kier alpha value is -0.810. The summed E-state index contributed by atoms with van der Waals surface area (Å²) < 4.78 is 0. The number of rotatable bonds is 3. The van der Waals surface area contributed by atoms with Crippen LogP contribution in [0, 0.1) is 5.92 Å². The quantitative estimate of drug-likeness (QED) is 0.842. The average Bonchev–Trinajstić information content (AvgIpc) is 2.86. The second-order valence-corrected chi connectivity index (χ2v) is 6.23. The third kappa shape index (κ3) is 3.44. The topological polar surface area (TPSA) is 52.6 Å². The van der Waals surface area contributed by atoms with Crippen LogP contribution in [0.25, 0.3) is 0 Å². The molecule has 2 heterocycles. The van der Waals surface area contributed by atoms with Crippen molar-refractivity contribution in [2.75, 3.05) is 33.2 Å². The lowest BCUT2D eigenvalue weighted by atomic mass is 9.95. The molecular weight excluding hydrogens is 278 g/mol. The predicted octanol–water partition coefficient (Wildman–Crippen LogP) is 0.877. The molecule has 0 bridgehead atoms. The predicted molar refractivity (Wildman–Crippen MR) is 80.9 cm³/mol. The van der Waals surface area contributed by atoms with Crippen LogP contribution in [0.5, 0.6) is 0 Å². The SMILES string of the molecule is CN1CCN(C(=O)CCC2CCNC2)C(C)(C)C1=O.Cl. The number of hydrogen-bond acceptors (Lipinski definition) is 3. The first-order chi connectivity index (χ1) is 8.93. The molecule has 2 saturated heterocycles. The summed E-state index contributed by atoms with van der Waals surface area (Å²) in [6, 6.07) is 0. The summed E-state index contributed by atoms with van der Waals surface area (Å²) in [7, 11) is 1.80. The molecule has 2 amide bonds. The van der Waals surface area contributed by atoms with Crippen molar-refractivity contribution in [2.24, 2.45) is 5.92 Å². The number of nitrogens with one attached hydrogen (secondary N) is 1. The Morgan fingerprint density at radius 1 is 1.40 bits per heavy atom. The summed E-state index contributed by atoms with van der Waals surface area (Å²) in [4.78, 5) is 28.0. The molecule has 5 nitrogen and oxygen atoms in total. The fourth-order valence-corrected chi connectivity index (χ4v) is 3.07. The Labute approximate surface area is 127 Å². The Balaban J connectivity index is 0.00000200. The molecule has 0 aromatic carbocycles. The van der Waals surface area contributed by atoms with Crippen molar-refractivity contribution in [3.8, 4) is 0 Å². The molecule has 6 heteroatoms. The summed E-state index contributed by atoms with van der Waals surface area (Å²) in [5, 5.41) is 3.32. The van der Waals surface area contributed by atoms with Crippen LogP contribution in [0.1, 0.15) is 33.1 Å². The smallest absolute Gasteiger partial charge is 0.247 e. The van der Waals surface area contributed by atoms with E-state index in [0.29, 0.717) is 25.4 Å². The van der Waals surface area contributed by atoms with Gasteiger partial charge in [-0.05, 0) is 45.7 Å². The van der Waals surface area contributed by atoms with E-state index in [1.54, 1.807) is 16.8 Å². The summed E-state index contributed by atoms with van der Waals surface area (Å²) >= 11 is 0. The third-order valence-corrected chi connectivity index (χ3v) is 4.43. The molecule has 2 fully saturated rings. The van der Waals surface area contributed by atoms with Crippen molar-refractivity contribution in [1.29, 1.82) is 0 Å². The first-order valence-corrected chi connectivity index (χ1v) is 7.19. The first-order valence-electron chi connectivity index (χ1n) is 7.19. The molecule has 2 aliphatic rings. The minimum atomic E-state index is -0.696. The molecule has 0 aromatic rings. The standard InChI is InChI=1S/C14H25N3O2.ClH/c1-14(2)13(19)16(3)8-9-17(14)12(18)5-4-11-6-7-15-10-11;/h11,15H,4-10H2,1-3H3;1H. The fraction of sp³-hybridized carbons (Fsp3) is 0.857. The van der Waals surface area contributed by atoms with Crippen LogP contribution in [-0.2, 0) is 9.59 Å². The molecule has 0 aliphatic carbocycles. The van der Waals surface area contributed by atoms with Gasteiger partial charge in [-0.15, -0.1) is 12.4 Å². The van der Waals surface area contributed by atoms with Crippen LogP contribution < -0.4 is 5.32 Å². The van der Waals surface area contributed by atoms with Gasteiger partial charge in [-0.2, -0.15) is 0 Å². The largest absolute Gasteiger partial charge is 0.342 e. The maximum Gasteiger partial charge on any atom is 0.247 e. The van der Waals surface area contributed by atoms with Crippen molar-refractivity contribution < 1.29 is 9.59 Å². The zero-order valence-corrected chi connectivity index (χ0v) is 13.5. The number of carbonyl (C=O) groups excluding carboxylic acids is 2. The van der Waals surface area contributed by atoms with Crippen LogP contribution in [0.15, 0.2) is 0 Å². The average molecular weight is 304 g/mol. The van der Waals surface area contributed by atoms with Crippen molar-refractivity contribution in [1.82, 2.24) is 15.1 Å². The third-order valence-electron chi connectivity index (χ3n) is 4.43. The van der Waals surface area contributed by atoms with Gasteiger partial charge in [-0.3, -0.25) is 9.59 Å². The molecule has 0 radical (unpaired) electrons. The highest BCUT2D eigenvalue weighted by atomic mass is 35.5. The summed E-state index contributed by atoms with van der Waals surface area (Å²) in [5.74, 6) is 0.781. The van der Waals surface area contributed by atoms with E-state index >= 15 is 0 Å². The molecule has 20 heavy (non-hydrogen) atoms. The van der Waals surface area contributed by atoms with E-state index < -0.39 is 5.54 Å². The first kappa shape index (κ1) is 17.2. The van der Waals surface area contributed by atoms with Gasteiger partial charge in [0.05, 0.1) is 0 Å². The van der Waals surface area contributed by atoms with Crippen molar-refractivity contribution in [3.63, 3.8) is 0 Å². The number of likely N-dealkylation sites (N-methyl/N-ethyl adjacent to an activating group) is 1. The number of nitrogens with zero attached hydrogens (tertiary/aromatic N) is 2. The van der Waals surface area contributed by atoms with E-state index in [4.69, 9.17) is 0 Å². The van der Waals surface area contributed by atoms with E-state index in [0.717, 1.165) is 19.5 Å². The lowest BCUT2D eigenvalue weighted by Gasteiger charge is -2.44. The monoisotopic (exact) mass is 303 g/mol. The van der Waals surface area contributed by atoms with Gasteiger partial charge in [0.25, 0.3) is 0 Å². The van der Waals surface area contributed by atoms with E-state index in [1.807, 2.05) is 13.8 Å². The molecule has 0 saturated carbocycles. The molecule has 0 aromatic heterocycles. The number of carbonyl (C=O) groups is 2. The Morgan fingerprint density at radius 3 is 2.70 bits per heavy atom. The van der Waals surface area contributed by atoms with E-state index in [1.165, 1.54) is 6.42 Å². The van der Waals surface area contributed by atoms with Crippen LogP contribution in [0.3, 0.4) is 0 Å². The number of amides is 2. The van der Waals surface area contributed by atoms with Gasteiger partial charge in [-0.1, -0.05) is 0 Å². The highest BCUT2D eigenvalue weighted by Gasteiger charge is 2.42. The maximum absolute atomic E-state index is 12.4. The molecule has 1 atom stereocenters. The molecule has 0 spiro atoms. The lowest BCUT2D eigenvalue weighted by molar-refractivity contribution is -0.157. The summed E-state index contributed by atoms with van der Waals surface area (Å²) in [6.45, 7) is 7.08. The van der Waals surface area contributed by atoms with Gasteiger partial charge < -0.3 is 15.1 Å². The van der Waals surface area contributed by atoms with Gasteiger partial charge in [0.2, 0.25) is 11.8 Å². The number of hydrogen-bond donors (Lipinski definition) is 1. The molecule has 2 aliphatic heterocycles. The minimum absolute atomic E-state index is 0. The highest BCUT2D eigenvalue weighted by Crippen LogP contribution is 2.24. The van der Waals surface area contributed by atoms with Gasteiger partial charge >= 0.3 is 0 Å². The van der Waals surface area contributed by atoms with E-state index in [9.17, 15) is 9.59 Å². The fourth-order valence-electron chi connectivity index (χ4n) is 3.07. The van der Waals surface area contributed by atoms with Gasteiger partial charge in [-0.25, -0.2) is 0 Å². The van der Waals surface area contributed by atoms with Crippen molar-refractivity contribution >= 4 is 24.2 Å². The van der Waals surface area contributed by atoms with Crippen LogP contribution in [0.4, 0.5) is 0 Å². The minimum Gasteiger partial charge on any atom is -0.342 e. The highest BCUT2D eigenvalue weighted by molar-refractivity contribution is 5.91. The zero-order valence-electron chi connectivity index (χ0n) is 12.6. The lowest BCUT2D eigenvalue weighted by Crippen LogP contribution is -2.63. The van der Waals surface area contributed by atoms with Crippen molar-refractivity contribution in [3.05, 3.63) is 0 Å². The van der Waals surface area contributed by atoms with E-state index in [2.05, 4.69) is 5.32 Å². The maximum atomic E-state index is 12.4. The Kier molecular flexibility index (Phi) is 5.83. The summed E-state index contributed by atoms with van der Waals surface area (Å²) in [5.41, 5.74) is -0.696. The van der Waals surface area contributed by atoms with Crippen LogP contribution in [0.2, 0.25) is 0 Å². The Morgan fingerprint density at radius 2 is 2.10 bits per heavy atom. The summed E-state index contributed by atoms with van der Waals surface area (Å²) in [6.07, 6.45) is 2.66. The van der Waals surface area contributed by atoms with E-state index in [-0.39, 0.29) is 24.2 Å². The van der Waals surface area contributed by atoms with Crippen LogP contribution >= 0.6 is 12.4 Å². The number of piperazine rings is 1. The van der Waals surface area contributed by atoms with Gasteiger partial charge in [0, 0.05) is 26.6 Å². The normalized spacial score (nSPS) is 25.6. The second-order valence-electron chi connectivity index (χ2n) is 6.23. The molecule has 1 N–H and O–H groups in total. The van der Waals surface area contributed by atoms with Gasteiger partial charge in [0.1, 0.15) is 5.54 Å². The zero-order chi connectivity index (χ0) is 14.0. The van der Waals surface area contributed by atoms with Crippen LogP contribution in [-0.4, -0.2) is 60.4 Å². The van der Waals surface area contributed by atoms with Gasteiger partial charge in [0.15, 0.2) is 0 Å². The second kappa shape index (κ2) is 6.76. The molecule has 1 unspecified atom stereocenters. The molecule has 116 valence electrons. The Bertz CT molecular complexity index is 367.